The summed E-state index contributed by atoms with van der Waals surface area (Å²) in [7, 11) is 0. The maximum atomic E-state index is 10.8. The van der Waals surface area contributed by atoms with Gasteiger partial charge in [-0.25, -0.2) is 0 Å². The van der Waals surface area contributed by atoms with Gasteiger partial charge in [0.15, 0.2) is 0 Å². The van der Waals surface area contributed by atoms with Crippen LogP contribution in [0.4, 0.5) is 0 Å². The van der Waals surface area contributed by atoms with Gasteiger partial charge in [0.05, 0.1) is 6.10 Å². The van der Waals surface area contributed by atoms with Crippen LogP contribution in [0, 0.1) is 45.3 Å². The van der Waals surface area contributed by atoms with Crippen LogP contribution in [-0.2, 0) is 0 Å². The SMILES string of the molecule is CC(C)=CCC[C@@H](C)[C@H]1CC[C@]2(C)C3=CC[C@H]4C(C)(C)[C@@H](O)CC[C@]4(C)[C@H]3CC[C@@]12C. The molecule has 1 heteroatoms. The third kappa shape index (κ3) is 3.34. The second-order valence-electron chi connectivity index (χ2n) is 13.7. The number of allylic oxidation sites excluding steroid dienone is 4. The Kier molecular flexibility index (Phi) is 5.90. The molecule has 0 amide bonds. The van der Waals surface area contributed by atoms with Gasteiger partial charge in [-0.15, -0.1) is 0 Å². The lowest BCUT2D eigenvalue weighted by molar-refractivity contribution is -0.131. The Morgan fingerprint density at radius 2 is 1.77 bits per heavy atom. The number of fused-ring (bicyclic) bond motifs is 5. The summed E-state index contributed by atoms with van der Waals surface area (Å²) in [5, 5.41) is 10.8. The molecular weight excluding hydrogens is 376 g/mol. The Labute approximate surface area is 193 Å². The van der Waals surface area contributed by atoms with Crippen molar-refractivity contribution in [2.45, 2.75) is 119 Å². The Morgan fingerprint density at radius 3 is 2.45 bits per heavy atom. The standard InChI is InChI=1S/C30H50O/c1-20(2)10-9-11-21(3)22-14-18-30(8)24-12-13-25-27(4,5)26(31)16-17-28(25,6)23(24)15-19-29(22,30)7/h10,12,21-23,25-26,31H,9,11,13-19H2,1-8H3/t21-,22-,23+,25+,26+,28-,29+,30-/m1/s1. The number of aliphatic hydroxyl groups excluding tert-OH is 1. The predicted octanol–water partition coefficient (Wildman–Crippen LogP) is 8.34. The van der Waals surface area contributed by atoms with Crippen molar-refractivity contribution in [1.82, 2.24) is 0 Å². The number of rotatable bonds is 4. The van der Waals surface area contributed by atoms with Crippen LogP contribution in [0.2, 0.25) is 0 Å². The van der Waals surface area contributed by atoms with E-state index in [0.717, 1.165) is 24.2 Å². The summed E-state index contributed by atoms with van der Waals surface area (Å²) in [4.78, 5) is 0. The fourth-order valence-electron chi connectivity index (χ4n) is 9.49. The van der Waals surface area contributed by atoms with Gasteiger partial charge < -0.3 is 5.11 Å². The van der Waals surface area contributed by atoms with Gasteiger partial charge in [-0.3, -0.25) is 0 Å². The highest BCUT2D eigenvalue weighted by Gasteiger charge is 2.65. The maximum absolute atomic E-state index is 10.8. The number of hydrogen-bond acceptors (Lipinski definition) is 1. The van der Waals surface area contributed by atoms with E-state index >= 15 is 0 Å². The molecule has 0 aromatic carbocycles. The van der Waals surface area contributed by atoms with Crippen molar-refractivity contribution < 1.29 is 5.11 Å². The molecule has 31 heavy (non-hydrogen) atoms. The van der Waals surface area contributed by atoms with Crippen LogP contribution < -0.4 is 0 Å². The van der Waals surface area contributed by atoms with Crippen LogP contribution in [0.3, 0.4) is 0 Å². The highest BCUT2D eigenvalue weighted by molar-refractivity contribution is 5.33. The molecule has 0 heterocycles. The van der Waals surface area contributed by atoms with E-state index in [0.29, 0.717) is 22.2 Å². The van der Waals surface area contributed by atoms with E-state index < -0.39 is 0 Å². The molecule has 0 aromatic heterocycles. The quantitative estimate of drug-likeness (QED) is 0.448. The summed E-state index contributed by atoms with van der Waals surface area (Å²) in [5.74, 6) is 3.02. The van der Waals surface area contributed by atoms with Crippen LogP contribution in [0.25, 0.3) is 0 Å². The first-order chi connectivity index (χ1) is 14.4. The first kappa shape index (κ1) is 23.6. The largest absolute Gasteiger partial charge is 0.393 e. The lowest BCUT2D eigenvalue weighted by Gasteiger charge is -2.64. The van der Waals surface area contributed by atoms with Gasteiger partial charge in [0.1, 0.15) is 0 Å². The molecule has 0 aliphatic heterocycles. The molecule has 0 unspecified atom stereocenters. The molecule has 0 aromatic rings. The van der Waals surface area contributed by atoms with Crippen molar-refractivity contribution in [1.29, 1.82) is 0 Å². The van der Waals surface area contributed by atoms with Crippen molar-refractivity contribution in [2.24, 2.45) is 45.3 Å². The summed E-state index contributed by atoms with van der Waals surface area (Å²) in [5.41, 5.74) is 4.53. The fraction of sp³-hybridized carbons (Fsp3) is 0.867. The van der Waals surface area contributed by atoms with Crippen molar-refractivity contribution in [2.75, 3.05) is 0 Å². The van der Waals surface area contributed by atoms with E-state index in [-0.39, 0.29) is 11.5 Å². The summed E-state index contributed by atoms with van der Waals surface area (Å²) < 4.78 is 0. The minimum absolute atomic E-state index is 0.0360. The molecule has 1 nitrogen and oxygen atoms in total. The van der Waals surface area contributed by atoms with Gasteiger partial charge >= 0.3 is 0 Å². The maximum Gasteiger partial charge on any atom is 0.0594 e. The van der Waals surface area contributed by atoms with Gasteiger partial charge in [-0.2, -0.15) is 0 Å². The van der Waals surface area contributed by atoms with E-state index in [2.05, 4.69) is 67.5 Å². The normalized spacial score (nSPS) is 46.9. The van der Waals surface area contributed by atoms with E-state index in [1.54, 1.807) is 0 Å². The Hall–Kier alpha value is -0.560. The molecule has 3 fully saturated rings. The van der Waals surface area contributed by atoms with Crippen molar-refractivity contribution in [3.8, 4) is 0 Å². The Bertz CT molecular complexity index is 754. The number of hydrogen-bond donors (Lipinski definition) is 1. The number of aliphatic hydroxyl groups is 1. The lowest BCUT2D eigenvalue weighted by atomic mass is 9.41. The van der Waals surface area contributed by atoms with Gasteiger partial charge in [-0.05, 0) is 117 Å². The molecular formula is C30H50O. The zero-order valence-corrected chi connectivity index (χ0v) is 21.9. The molecule has 8 atom stereocenters. The Balaban J connectivity index is 1.62. The topological polar surface area (TPSA) is 20.2 Å². The van der Waals surface area contributed by atoms with Crippen molar-refractivity contribution >= 4 is 0 Å². The first-order valence-corrected chi connectivity index (χ1v) is 13.4. The molecule has 4 aliphatic carbocycles. The van der Waals surface area contributed by atoms with Crippen LogP contribution in [-0.4, -0.2) is 11.2 Å². The van der Waals surface area contributed by atoms with E-state index in [4.69, 9.17) is 0 Å². The van der Waals surface area contributed by atoms with Gasteiger partial charge in [0.25, 0.3) is 0 Å². The predicted molar refractivity (Wildman–Crippen MR) is 133 cm³/mol. The Morgan fingerprint density at radius 1 is 1.06 bits per heavy atom. The summed E-state index contributed by atoms with van der Waals surface area (Å²) in [6.45, 7) is 19.6. The van der Waals surface area contributed by atoms with E-state index in [9.17, 15) is 5.11 Å². The zero-order chi connectivity index (χ0) is 22.8. The molecule has 176 valence electrons. The fourth-order valence-corrected chi connectivity index (χ4v) is 9.49. The molecule has 4 aliphatic rings. The zero-order valence-electron chi connectivity index (χ0n) is 21.9. The van der Waals surface area contributed by atoms with E-state index in [1.165, 1.54) is 56.9 Å². The molecule has 4 rings (SSSR count). The van der Waals surface area contributed by atoms with Crippen LogP contribution in [0.15, 0.2) is 23.3 Å². The van der Waals surface area contributed by atoms with Crippen molar-refractivity contribution in [3.05, 3.63) is 23.3 Å². The third-order valence-electron chi connectivity index (χ3n) is 11.7. The van der Waals surface area contributed by atoms with Gasteiger partial charge in [0, 0.05) is 0 Å². The minimum Gasteiger partial charge on any atom is -0.393 e. The molecule has 0 spiro atoms. The third-order valence-corrected chi connectivity index (χ3v) is 11.7. The highest BCUT2D eigenvalue weighted by Crippen LogP contribution is 2.73. The smallest absolute Gasteiger partial charge is 0.0594 e. The van der Waals surface area contributed by atoms with Crippen LogP contribution >= 0.6 is 0 Å². The molecule has 0 saturated heterocycles. The first-order valence-electron chi connectivity index (χ1n) is 13.4. The van der Waals surface area contributed by atoms with Crippen molar-refractivity contribution in [3.63, 3.8) is 0 Å². The highest BCUT2D eigenvalue weighted by atomic mass is 16.3. The molecule has 1 N–H and O–H groups in total. The molecule has 0 radical (unpaired) electrons. The van der Waals surface area contributed by atoms with Crippen LogP contribution in [0.5, 0.6) is 0 Å². The summed E-state index contributed by atoms with van der Waals surface area (Å²) in [6, 6.07) is 0. The minimum atomic E-state index is -0.137. The monoisotopic (exact) mass is 426 g/mol. The second-order valence-corrected chi connectivity index (χ2v) is 13.7. The summed E-state index contributed by atoms with van der Waals surface area (Å²) in [6.07, 6.45) is 16.5. The van der Waals surface area contributed by atoms with E-state index in [1.807, 2.05) is 5.57 Å². The van der Waals surface area contributed by atoms with Gasteiger partial charge in [-0.1, -0.05) is 64.8 Å². The average Bonchev–Trinajstić information content (AvgIpc) is 2.96. The average molecular weight is 427 g/mol. The van der Waals surface area contributed by atoms with Gasteiger partial charge in [0.2, 0.25) is 0 Å². The lowest BCUT2D eigenvalue weighted by Crippen LogP contribution is -2.58. The summed E-state index contributed by atoms with van der Waals surface area (Å²) >= 11 is 0. The molecule has 3 saturated carbocycles. The van der Waals surface area contributed by atoms with Crippen LogP contribution in [0.1, 0.15) is 113 Å². The molecule has 0 bridgehead atoms. The second kappa shape index (κ2) is 7.75.